The second kappa shape index (κ2) is 6.78. The molecule has 0 aromatic heterocycles. The molecule has 1 fully saturated rings. The van der Waals surface area contributed by atoms with Crippen molar-refractivity contribution >= 4 is 23.2 Å². The number of carbonyl (C=O) groups is 1. The standard InChI is InChI=1S/C23H17ClFNO3/c24-18-4-2-1-3-16(18)17-12-15(6-7-19(17)25)26-22(27)23(9-10-23)14-5-8-20-21(11-14)29-13-28-20/h1-8,11-12H,9-10,13H2,(H,26,27). The Balaban J connectivity index is 1.43. The lowest BCUT2D eigenvalue weighted by Crippen LogP contribution is -2.27. The fraction of sp³-hybridized carbons (Fsp3) is 0.174. The summed E-state index contributed by atoms with van der Waals surface area (Å²) >= 11 is 6.22. The summed E-state index contributed by atoms with van der Waals surface area (Å²) in [5, 5.41) is 3.40. The molecule has 1 amide bonds. The molecule has 4 nitrogen and oxygen atoms in total. The highest BCUT2D eigenvalue weighted by atomic mass is 35.5. The highest BCUT2D eigenvalue weighted by Crippen LogP contribution is 2.51. The van der Waals surface area contributed by atoms with Crippen LogP contribution in [0.4, 0.5) is 10.1 Å². The molecule has 1 N–H and O–H groups in total. The van der Waals surface area contributed by atoms with Gasteiger partial charge in [0, 0.05) is 21.8 Å². The summed E-state index contributed by atoms with van der Waals surface area (Å²) in [5.41, 5.74) is 1.76. The monoisotopic (exact) mass is 409 g/mol. The summed E-state index contributed by atoms with van der Waals surface area (Å²) in [6, 6.07) is 17.2. The van der Waals surface area contributed by atoms with Crippen molar-refractivity contribution in [2.45, 2.75) is 18.3 Å². The average molecular weight is 410 g/mol. The van der Waals surface area contributed by atoms with Crippen LogP contribution in [0.3, 0.4) is 0 Å². The summed E-state index contributed by atoms with van der Waals surface area (Å²) in [6.45, 7) is 0.193. The van der Waals surface area contributed by atoms with Crippen molar-refractivity contribution in [3.63, 3.8) is 0 Å². The lowest BCUT2D eigenvalue weighted by atomic mass is 9.94. The molecule has 0 bridgehead atoms. The first-order chi connectivity index (χ1) is 14.1. The van der Waals surface area contributed by atoms with Gasteiger partial charge in [0.15, 0.2) is 11.5 Å². The largest absolute Gasteiger partial charge is 0.454 e. The minimum absolute atomic E-state index is 0.118. The Bertz CT molecular complexity index is 1130. The van der Waals surface area contributed by atoms with Crippen molar-refractivity contribution in [2.75, 3.05) is 12.1 Å². The van der Waals surface area contributed by atoms with E-state index in [1.54, 1.807) is 36.4 Å². The highest BCUT2D eigenvalue weighted by molar-refractivity contribution is 6.33. The van der Waals surface area contributed by atoms with Gasteiger partial charge in [-0.1, -0.05) is 35.9 Å². The van der Waals surface area contributed by atoms with Gasteiger partial charge in [-0.05, 0) is 54.8 Å². The molecule has 146 valence electrons. The zero-order valence-electron chi connectivity index (χ0n) is 15.4. The molecular weight excluding hydrogens is 393 g/mol. The van der Waals surface area contributed by atoms with Gasteiger partial charge in [0.05, 0.1) is 5.41 Å². The van der Waals surface area contributed by atoms with E-state index in [0.29, 0.717) is 33.3 Å². The predicted molar refractivity (Wildman–Crippen MR) is 109 cm³/mol. The Morgan fingerprint density at radius 2 is 1.76 bits per heavy atom. The molecule has 1 aliphatic carbocycles. The van der Waals surface area contributed by atoms with E-state index < -0.39 is 11.2 Å². The van der Waals surface area contributed by atoms with Crippen molar-refractivity contribution in [2.24, 2.45) is 0 Å². The van der Waals surface area contributed by atoms with E-state index in [9.17, 15) is 9.18 Å². The van der Waals surface area contributed by atoms with Gasteiger partial charge < -0.3 is 14.8 Å². The zero-order valence-corrected chi connectivity index (χ0v) is 16.1. The maximum Gasteiger partial charge on any atom is 0.235 e. The normalized spacial score (nSPS) is 15.8. The number of hydrogen-bond acceptors (Lipinski definition) is 3. The molecule has 3 aromatic rings. The second-order valence-electron chi connectivity index (χ2n) is 7.28. The average Bonchev–Trinajstić information content (AvgIpc) is 3.41. The van der Waals surface area contributed by atoms with Crippen LogP contribution in [0.15, 0.2) is 60.7 Å². The zero-order chi connectivity index (χ0) is 20.0. The Labute approximate surface area is 172 Å². The number of amides is 1. The summed E-state index contributed by atoms with van der Waals surface area (Å²) in [7, 11) is 0. The van der Waals surface area contributed by atoms with Crippen molar-refractivity contribution in [1.29, 1.82) is 0 Å². The third kappa shape index (κ3) is 3.12. The Kier molecular flexibility index (Phi) is 4.21. The minimum Gasteiger partial charge on any atom is -0.454 e. The number of hydrogen-bond donors (Lipinski definition) is 1. The molecule has 1 saturated carbocycles. The molecule has 0 radical (unpaired) electrons. The fourth-order valence-electron chi connectivity index (χ4n) is 3.71. The molecule has 29 heavy (non-hydrogen) atoms. The number of halogens is 2. The molecule has 6 heteroatoms. The number of anilines is 1. The van der Waals surface area contributed by atoms with Gasteiger partial charge >= 0.3 is 0 Å². The van der Waals surface area contributed by atoms with Crippen molar-refractivity contribution < 1.29 is 18.7 Å². The van der Waals surface area contributed by atoms with Crippen molar-refractivity contribution in [3.8, 4) is 22.6 Å². The molecule has 1 heterocycles. The van der Waals surface area contributed by atoms with E-state index in [0.717, 1.165) is 18.4 Å². The van der Waals surface area contributed by atoms with Crippen molar-refractivity contribution in [3.05, 3.63) is 77.1 Å². The lowest BCUT2D eigenvalue weighted by Gasteiger charge is -2.17. The van der Waals surface area contributed by atoms with Crippen LogP contribution in [0, 0.1) is 5.82 Å². The third-order valence-corrected chi connectivity index (χ3v) is 5.83. The molecular formula is C23H17ClFNO3. The Morgan fingerprint density at radius 3 is 2.55 bits per heavy atom. The van der Waals surface area contributed by atoms with Crippen LogP contribution in [-0.4, -0.2) is 12.7 Å². The minimum atomic E-state index is -0.597. The molecule has 2 aliphatic rings. The van der Waals surface area contributed by atoms with E-state index in [2.05, 4.69) is 5.32 Å². The number of carbonyl (C=O) groups excluding carboxylic acids is 1. The molecule has 5 rings (SSSR count). The summed E-state index contributed by atoms with van der Waals surface area (Å²) < 4.78 is 25.2. The van der Waals surface area contributed by atoms with Crippen LogP contribution in [0.25, 0.3) is 11.1 Å². The van der Waals surface area contributed by atoms with Gasteiger partial charge in [0.1, 0.15) is 5.82 Å². The number of benzene rings is 3. The molecule has 0 unspecified atom stereocenters. The number of fused-ring (bicyclic) bond motifs is 1. The van der Waals surface area contributed by atoms with Crippen LogP contribution in [0.1, 0.15) is 18.4 Å². The predicted octanol–water partition coefficient (Wildman–Crippen LogP) is 5.55. The van der Waals surface area contributed by atoms with Crippen LogP contribution in [0.5, 0.6) is 11.5 Å². The second-order valence-corrected chi connectivity index (χ2v) is 7.69. The van der Waals surface area contributed by atoms with Crippen LogP contribution in [0.2, 0.25) is 5.02 Å². The van der Waals surface area contributed by atoms with Gasteiger partial charge in [0.25, 0.3) is 0 Å². The SMILES string of the molecule is O=C(Nc1ccc(F)c(-c2ccccc2Cl)c1)C1(c2ccc3c(c2)OCO3)CC1. The van der Waals surface area contributed by atoms with Crippen LogP contribution in [-0.2, 0) is 10.2 Å². The smallest absolute Gasteiger partial charge is 0.235 e. The van der Waals surface area contributed by atoms with Gasteiger partial charge in [-0.2, -0.15) is 0 Å². The van der Waals surface area contributed by atoms with Crippen LogP contribution < -0.4 is 14.8 Å². The van der Waals surface area contributed by atoms with E-state index in [1.165, 1.54) is 6.07 Å². The molecule has 0 spiro atoms. The molecule has 0 atom stereocenters. The summed E-state index contributed by atoms with van der Waals surface area (Å²) in [6.07, 6.45) is 1.49. The molecule has 0 saturated heterocycles. The fourth-order valence-corrected chi connectivity index (χ4v) is 3.94. The van der Waals surface area contributed by atoms with Gasteiger partial charge in [0.2, 0.25) is 12.7 Å². The van der Waals surface area contributed by atoms with Crippen LogP contribution >= 0.6 is 11.6 Å². The first-order valence-electron chi connectivity index (χ1n) is 9.33. The van der Waals surface area contributed by atoms with Gasteiger partial charge in [-0.15, -0.1) is 0 Å². The van der Waals surface area contributed by atoms with Crippen molar-refractivity contribution in [1.82, 2.24) is 0 Å². The third-order valence-electron chi connectivity index (χ3n) is 5.50. The van der Waals surface area contributed by atoms with E-state index in [1.807, 2.05) is 18.2 Å². The first-order valence-corrected chi connectivity index (χ1v) is 9.71. The highest BCUT2D eigenvalue weighted by Gasteiger charge is 2.51. The summed E-state index contributed by atoms with van der Waals surface area (Å²) in [4.78, 5) is 13.1. The number of nitrogens with one attached hydrogen (secondary N) is 1. The Morgan fingerprint density at radius 1 is 0.966 bits per heavy atom. The van der Waals surface area contributed by atoms with Gasteiger partial charge in [-0.25, -0.2) is 4.39 Å². The summed E-state index contributed by atoms with van der Waals surface area (Å²) in [5.74, 6) is 0.832. The maximum absolute atomic E-state index is 14.4. The quantitative estimate of drug-likeness (QED) is 0.615. The first kappa shape index (κ1) is 18.0. The maximum atomic E-state index is 14.4. The Hall–Kier alpha value is -3.05. The van der Waals surface area contributed by atoms with Gasteiger partial charge in [-0.3, -0.25) is 4.79 Å². The topological polar surface area (TPSA) is 47.6 Å². The van der Waals surface area contributed by atoms with E-state index >= 15 is 0 Å². The van der Waals surface area contributed by atoms with E-state index in [-0.39, 0.29) is 12.7 Å². The van der Waals surface area contributed by atoms with E-state index in [4.69, 9.17) is 21.1 Å². The number of rotatable bonds is 4. The molecule has 1 aliphatic heterocycles. The number of ether oxygens (including phenoxy) is 2. The lowest BCUT2D eigenvalue weighted by molar-refractivity contribution is -0.118. The molecule has 3 aromatic carbocycles.